The van der Waals surface area contributed by atoms with Gasteiger partial charge in [0.05, 0.1) is 6.10 Å². The fourth-order valence-corrected chi connectivity index (χ4v) is 2.93. The van der Waals surface area contributed by atoms with Gasteiger partial charge in [-0.25, -0.2) is 0 Å². The monoisotopic (exact) mass is 344 g/mol. The van der Waals surface area contributed by atoms with E-state index in [4.69, 9.17) is 11.6 Å². The van der Waals surface area contributed by atoms with E-state index in [1.807, 2.05) is 0 Å². The van der Waals surface area contributed by atoms with Crippen molar-refractivity contribution in [2.24, 2.45) is 0 Å². The number of aliphatic hydroxyl groups is 1. The summed E-state index contributed by atoms with van der Waals surface area (Å²) in [7, 11) is 0. The van der Waals surface area contributed by atoms with Crippen molar-refractivity contribution in [2.45, 2.75) is 18.9 Å². The number of amides is 2. The van der Waals surface area contributed by atoms with E-state index >= 15 is 0 Å². The van der Waals surface area contributed by atoms with Crippen LogP contribution in [0.25, 0.3) is 0 Å². The smallest absolute Gasteiger partial charge is 0.251 e. The minimum absolute atomic E-state index is 0.0115. The number of fused-ring (bicyclic) bond motifs is 1. The van der Waals surface area contributed by atoms with Crippen LogP contribution < -0.4 is 10.6 Å². The van der Waals surface area contributed by atoms with Crippen molar-refractivity contribution in [1.82, 2.24) is 5.32 Å². The lowest BCUT2D eigenvalue weighted by Gasteiger charge is -2.18. The molecule has 0 saturated carbocycles. The lowest BCUT2D eigenvalue weighted by atomic mass is 10.00. The van der Waals surface area contributed by atoms with E-state index in [0.717, 1.165) is 11.3 Å². The third-order valence-electron chi connectivity index (χ3n) is 3.98. The molecule has 0 aliphatic carbocycles. The maximum Gasteiger partial charge on any atom is 0.251 e. The molecule has 1 unspecified atom stereocenters. The molecule has 1 aliphatic rings. The predicted octanol–water partition coefficient (Wildman–Crippen LogP) is 2.69. The predicted molar refractivity (Wildman–Crippen MR) is 92.1 cm³/mol. The average Bonchev–Trinajstić information content (AvgIpc) is 2.59. The summed E-state index contributed by atoms with van der Waals surface area (Å²) in [6, 6.07) is 12.1. The average molecular weight is 345 g/mol. The summed E-state index contributed by atoms with van der Waals surface area (Å²) in [5.41, 5.74) is 2.76. The molecular formula is C18H17ClN2O3. The molecule has 2 amide bonds. The number of aliphatic hydroxyl groups excluding tert-OH is 1. The van der Waals surface area contributed by atoms with Gasteiger partial charge in [-0.05, 0) is 36.2 Å². The molecule has 0 bridgehead atoms. The second-order valence-electron chi connectivity index (χ2n) is 5.67. The Labute approximate surface area is 144 Å². The number of carbonyl (C=O) groups is 2. The number of halogens is 1. The lowest BCUT2D eigenvalue weighted by molar-refractivity contribution is -0.116. The highest BCUT2D eigenvalue weighted by molar-refractivity contribution is 6.31. The fourth-order valence-electron chi connectivity index (χ4n) is 2.67. The first-order chi connectivity index (χ1) is 11.5. The molecule has 0 spiro atoms. The van der Waals surface area contributed by atoms with Gasteiger partial charge in [0.1, 0.15) is 0 Å². The van der Waals surface area contributed by atoms with Crippen molar-refractivity contribution in [2.75, 3.05) is 11.9 Å². The van der Waals surface area contributed by atoms with Gasteiger partial charge < -0.3 is 15.7 Å². The van der Waals surface area contributed by atoms with Crippen LogP contribution in [0.5, 0.6) is 0 Å². The van der Waals surface area contributed by atoms with Gasteiger partial charge in [-0.1, -0.05) is 29.8 Å². The molecule has 5 nitrogen and oxygen atoms in total. The molecular weight excluding hydrogens is 328 g/mol. The van der Waals surface area contributed by atoms with Gasteiger partial charge in [-0.15, -0.1) is 0 Å². The SMILES string of the molecule is O=C1CCc2cc(C(=O)NCC(O)c3ccccc3Cl)ccc2N1. The van der Waals surface area contributed by atoms with Crippen molar-refractivity contribution in [1.29, 1.82) is 0 Å². The van der Waals surface area contributed by atoms with Gasteiger partial charge in [-0.3, -0.25) is 9.59 Å². The van der Waals surface area contributed by atoms with Gasteiger partial charge in [0.2, 0.25) is 5.91 Å². The number of benzene rings is 2. The fraction of sp³-hybridized carbons (Fsp3) is 0.222. The van der Waals surface area contributed by atoms with Crippen LogP contribution in [0.1, 0.15) is 34.0 Å². The first-order valence-corrected chi connectivity index (χ1v) is 8.06. The molecule has 3 N–H and O–H groups in total. The van der Waals surface area contributed by atoms with Crippen molar-refractivity contribution in [3.63, 3.8) is 0 Å². The summed E-state index contributed by atoms with van der Waals surface area (Å²) < 4.78 is 0. The molecule has 0 saturated heterocycles. The molecule has 1 atom stereocenters. The summed E-state index contributed by atoms with van der Waals surface area (Å²) in [5.74, 6) is -0.289. The van der Waals surface area contributed by atoms with E-state index in [0.29, 0.717) is 29.0 Å². The minimum atomic E-state index is -0.875. The van der Waals surface area contributed by atoms with Gasteiger partial charge in [0.25, 0.3) is 5.91 Å². The molecule has 0 fully saturated rings. The Morgan fingerprint density at radius 2 is 2.04 bits per heavy atom. The molecule has 1 aliphatic heterocycles. The third-order valence-corrected chi connectivity index (χ3v) is 4.33. The van der Waals surface area contributed by atoms with E-state index in [-0.39, 0.29) is 18.4 Å². The zero-order valence-corrected chi connectivity index (χ0v) is 13.6. The highest BCUT2D eigenvalue weighted by atomic mass is 35.5. The Morgan fingerprint density at radius 1 is 1.25 bits per heavy atom. The van der Waals surface area contributed by atoms with Crippen LogP contribution >= 0.6 is 11.6 Å². The van der Waals surface area contributed by atoms with E-state index in [2.05, 4.69) is 10.6 Å². The lowest BCUT2D eigenvalue weighted by Crippen LogP contribution is -2.29. The number of nitrogens with one attached hydrogen (secondary N) is 2. The van der Waals surface area contributed by atoms with Crippen LogP contribution in [0.15, 0.2) is 42.5 Å². The van der Waals surface area contributed by atoms with Gasteiger partial charge >= 0.3 is 0 Å². The van der Waals surface area contributed by atoms with Crippen LogP contribution in [-0.4, -0.2) is 23.5 Å². The first-order valence-electron chi connectivity index (χ1n) is 7.68. The van der Waals surface area contributed by atoms with E-state index in [9.17, 15) is 14.7 Å². The summed E-state index contributed by atoms with van der Waals surface area (Å²) >= 11 is 6.04. The Morgan fingerprint density at radius 3 is 2.83 bits per heavy atom. The molecule has 124 valence electrons. The minimum Gasteiger partial charge on any atom is -0.387 e. The van der Waals surface area contributed by atoms with Crippen LogP contribution in [0.2, 0.25) is 5.02 Å². The summed E-state index contributed by atoms with van der Waals surface area (Å²) in [6.45, 7) is 0.0659. The number of anilines is 1. The molecule has 3 rings (SSSR count). The quantitative estimate of drug-likeness (QED) is 0.798. The second-order valence-corrected chi connectivity index (χ2v) is 6.07. The molecule has 6 heteroatoms. The summed E-state index contributed by atoms with van der Waals surface area (Å²) in [4.78, 5) is 23.6. The maximum absolute atomic E-state index is 12.3. The number of hydrogen-bond donors (Lipinski definition) is 3. The highest BCUT2D eigenvalue weighted by Gasteiger charge is 2.17. The Hall–Kier alpha value is -2.37. The third kappa shape index (κ3) is 3.58. The van der Waals surface area contributed by atoms with E-state index in [1.165, 1.54) is 0 Å². The molecule has 0 aromatic heterocycles. The number of carbonyl (C=O) groups excluding carboxylic acids is 2. The Bertz CT molecular complexity index is 792. The molecule has 2 aromatic rings. The second kappa shape index (κ2) is 7.03. The Kier molecular flexibility index (Phi) is 4.83. The zero-order chi connectivity index (χ0) is 17.1. The first kappa shape index (κ1) is 16.5. The van der Waals surface area contributed by atoms with Gasteiger partial charge in [0.15, 0.2) is 0 Å². The van der Waals surface area contributed by atoms with Crippen molar-refractivity contribution >= 4 is 29.1 Å². The molecule has 0 radical (unpaired) electrons. The van der Waals surface area contributed by atoms with Crippen LogP contribution in [0.4, 0.5) is 5.69 Å². The highest BCUT2D eigenvalue weighted by Crippen LogP contribution is 2.24. The van der Waals surface area contributed by atoms with Crippen molar-refractivity contribution in [3.05, 3.63) is 64.2 Å². The van der Waals surface area contributed by atoms with Crippen molar-refractivity contribution < 1.29 is 14.7 Å². The molecule has 1 heterocycles. The molecule has 24 heavy (non-hydrogen) atoms. The summed E-state index contributed by atoms with van der Waals surface area (Å²) in [5, 5.41) is 16.1. The standard InChI is InChI=1S/C18H17ClN2O3/c19-14-4-2-1-3-13(14)16(22)10-20-18(24)12-5-7-15-11(9-12)6-8-17(23)21-15/h1-5,7,9,16,22H,6,8,10H2,(H,20,24)(H,21,23). The maximum atomic E-state index is 12.3. The van der Waals surface area contributed by atoms with Gasteiger partial charge in [-0.2, -0.15) is 0 Å². The van der Waals surface area contributed by atoms with Crippen LogP contribution in [0.3, 0.4) is 0 Å². The van der Waals surface area contributed by atoms with Crippen molar-refractivity contribution in [3.8, 4) is 0 Å². The molecule has 2 aromatic carbocycles. The normalized spacial score (nSPS) is 14.5. The summed E-state index contributed by atoms with van der Waals surface area (Å²) in [6.07, 6.45) is 0.160. The topological polar surface area (TPSA) is 78.4 Å². The van der Waals surface area contributed by atoms with Crippen LogP contribution in [0, 0.1) is 0 Å². The van der Waals surface area contributed by atoms with Gasteiger partial charge in [0, 0.05) is 34.8 Å². The number of hydrogen-bond acceptors (Lipinski definition) is 3. The van der Waals surface area contributed by atoms with E-state index in [1.54, 1.807) is 42.5 Å². The number of rotatable bonds is 4. The Balaban J connectivity index is 1.65. The van der Waals surface area contributed by atoms with E-state index < -0.39 is 6.10 Å². The van der Waals surface area contributed by atoms with Crippen LogP contribution in [-0.2, 0) is 11.2 Å². The zero-order valence-electron chi connectivity index (χ0n) is 12.9. The number of aryl methyl sites for hydroxylation is 1. The largest absolute Gasteiger partial charge is 0.387 e.